The van der Waals surface area contributed by atoms with E-state index >= 15 is 0 Å². The van der Waals surface area contributed by atoms with Gasteiger partial charge in [-0.05, 0) is 44.5 Å². The van der Waals surface area contributed by atoms with E-state index < -0.39 is 5.60 Å². The van der Waals surface area contributed by atoms with Crippen molar-refractivity contribution in [3.8, 4) is 0 Å². The maximum absolute atomic E-state index is 13.6. The number of amides is 1. The Morgan fingerprint density at radius 3 is 2.41 bits per heavy atom. The summed E-state index contributed by atoms with van der Waals surface area (Å²) in [6.07, 6.45) is -0.297. The van der Waals surface area contributed by atoms with Crippen LogP contribution >= 0.6 is 0 Å². The lowest BCUT2D eigenvalue weighted by Crippen LogP contribution is -2.50. The molecule has 0 atom stereocenters. The summed E-state index contributed by atoms with van der Waals surface area (Å²) in [5, 5.41) is 0. The molecule has 0 aromatic heterocycles. The third-order valence-electron chi connectivity index (χ3n) is 3.47. The first-order chi connectivity index (χ1) is 10.3. The Balaban J connectivity index is 1.97. The van der Waals surface area contributed by atoms with E-state index in [2.05, 4.69) is 4.90 Å². The van der Waals surface area contributed by atoms with Crippen LogP contribution < -0.4 is 10.6 Å². The molecule has 1 aromatic carbocycles. The van der Waals surface area contributed by atoms with Gasteiger partial charge in [-0.3, -0.25) is 0 Å². The molecule has 0 aliphatic carbocycles. The largest absolute Gasteiger partial charge is 0.444 e. The zero-order chi connectivity index (χ0) is 16.3. The van der Waals surface area contributed by atoms with Gasteiger partial charge in [-0.2, -0.15) is 0 Å². The van der Waals surface area contributed by atoms with Crippen molar-refractivity contribution in [2.24, 2.45) is 5.73 Å². The number of halogens is 1. The molecule has 122 valence electrons. The number of hydrogen-bond acceptors (Lipinski definition) is 4. The molecule has 1 aromatic rings. The summed E-state index contributed by atoms with van der Waals surface area (Å²) >= 11 is 0. The maximum Gasteiger partial charge on any atom is 0.410 e. The van der Waals surface area contributed by atoms with Crippen molar-refractivity contribution >= 4 is 11.8 Å². The molecular weight excluding hydrogens is 285 g/mol. The minimum Gasteiger partial charge on any atom is -0.444 e. The first-order valence-electron chi connectivity index (χ1n) is 7.51. The van der Waals surface area contributed by atoms with Crippen molar-refractivity contribution in [1.29, 1.82) is 0 Å². The predicted molar refractivity (Wildman–Crippen MR) is 84.3 cm³/mol. The second-order valence-electron chi connectivity index (χ2n) is 6.48. The van der Waals surface area contributed by atoms with Gasteiger partial charge in [-0.25, -0.2) is 9.18 Å². The van der Waals surface area contributed by atoms with Crippen molar-refractivity contribution in [2.75, 3.05) is 31.1 Å². The Bertz CT molecular complexity index is 535. The number of ether oxygens (including phenoxy) is 1. The van der Waals surface area contributed by atoms with Crippen LogP contribution in [0.4, 0.5) is 14.9 Å². The van der Waals surface area contributed by atoms with Gasteiger partial charge in [0, 0.05) is 38.4 Å². The highest BCUT2D eigenvalue weighted by molar-refractivity contribution is 5.68. The van der Waals surface area contributed by atoms with E-state index in [-0.39, 0.29) is 11.9 Å². The number of benzene rings is 1. The monoisotopic (exact) mass is 309 g/mol. The van der Waals surface area contributed by atoms with Crippen LogP contribution in [0.25, 0.3) is 0 Å². The van der Waals surface area contributed by atoms with E-state index in [0.29, 0.717) is 32.7 Å². The Morgan fingerprint density at radius 2 is 1.86 bits per heavy atom. The van der Waals surface area contributed by atoms with E-state index in [9.17, 15) is 9.18 Å². The SMILES string of the molecule is CC(C)(C)OC(=O)N1CCN(c2cc(F)cc(CN)c2)CC1. The molecule has 0 spiro atoms. The predicted octanol–water partition coefficient (Wildman–Crippen LogP) is 2.34. The molecule has 1 aliphatic rings. The lowest BCUT2D eigenvalue weighted by molar-refractivity contribution is 0.0240. The average Bonchev–Trinajstić information content (AvgIpc) is 2.45. The molecule has 1 heterocycles. The second kappa shape index (κ2) is 6.52. The van der Waals surface area contributed by atoms with Crippen LogP contribution in [0.15, 0.2) is 18.2 Å². The quantitative estimate of drug-likeness (QED) is 0.911. The molecule has 1 aliphatic heterocycles. The Labute approximate surface area is 130 Å². The van der Waals surface area contributed by atoms with Gasteiger partial charge in [0.05, 0.1) is 0 Å². The zero-order valence-electron chi connectivity index (χ0n) is 13.4. The van der Waals surface area contributed by atoms with Gasteiger partial charge in [0.1, 0.15) is 11.4 Å². The van der Waals surface area contributed by atoms with Crippen LogP contribution in [0.5, 0.6) is 0 Å². The molecule has 2 rings (SSSR count). The van der Waals surface area contributed by atoms with Crippen molar-refractivity contribution in [3.63, 3.8) is 0 Å². The number of carbonyl (C=O) groups is 1. The van der Waals surface area contributed by atoms with Crippen LogP contribution in [-0.2, 0) is 11.3 Å². The number of nitrogens with two attached hydrogens (primary N) is 1. The first kappa shape index (κ1) is 16.5. The third kappa shape index (κ3) is 4.34. The number of carbonyl (C=O) groups excluding carboxylic acids is 1. The van der Waals surface area contributed by atoms with Crippen LogP contribution in [0.2, 0.25) is 0 Å². The highest BCUT2D eigenvalue weighted by Gasteiger charge is 2.26. The number of nitrogens with zero attached hydrogens (tertiary/aromatic N) is 2. The number of piperazine rings is 1. The molecule has 1 amide bonds. The van der Waals surface area contributed by atoms with Crippen LogP contribution in [0.1, 0.15) is 26.3 Å². The van der Waals surface area contributed by atoms with Crippen LogP contribution in [0.3, 0.4) is 0 Å². The molecule has 5 nitrogen and oxygen atoms in total. The van der Waals surface area contributed by atoms with E-state index in [4.69, 9.17) is 10.5 Å². The fourth-order valence-corrected chi connectivity index (χ4v) is 2.41. The lowest BCUT2D eigenvalue weighted by atomic mass is 10.1. The summed E-state index contributed by atoms with van der Waals surface area (Å²) in [4.78, 5) is 15.8. The average molecular weight is 309 g/mol. The maximum atomic E-state index is 13.6. The Kier molecular flexibility index (Phi) is 4.90. The number of rotatable bonds is 2. The van der Waals surface area contributed by atoms with Gasteiger partial charge < -0.3 is 20.3 Å². The normalized spacial score (nSPS) is 15.9. The summed E-state index contributed by atoms with van der Waals surface area (Å²) in [6.45, 7) is 8.27. The van der Waals surface area contributed by atoms with E-state index in [1.807, 2.05) is 26.8 Å². The first-order valence-corrected chi connectivity index (χ1v) is 7.51. The smallest absolute Gasteiger partial charge is 0.410 e. The van der Waals surface area contributed by atoms with Crippen molar-refractivity contribution in [2.45, 2.75) is 32.9 Å². The minimum atomic E-state index is -0.493. The minimum absolute atomic E-state index is 0.285. The lowest BCUT2D eigenvalue weighted by Gasteiger charge is -2.36. The fraction of sp³-hybridized carbons (Fsp3) is 0.562. The van der Waals surface area contributed by atoms with Gasteiger partial charge in [0.15, 0.2) is 0 Å². The van der Waals surface area contributed by atoms with Crippen LogP contribution in [-0.4, -0.2) is 42.8 Å². The zero-order valence-corrected chi connectivity index (χ0v) is 13.4. The van der Waals surface area contributed by atoms with Crippen molar-refractivity contribution < 1.29 is 13.9 Å². The van der Waals surface area contributed by atoms with Crippen molar-refractivity contribution in [1.82, 2.24) is 4.90 Å². The molecule has 6 heteroatoms. The van der Waals surface area contributed by atoms with Gasteiger partial charge >= 0.3 is 6.09 Å². The summed E-state index contributed by atoms with van der Waals surface area (Å²) in [7, 11) is 0. The highest BCUT2D eigenvalue weighted by atomic mass is 19.1. The molecule has 1 saturated heterocycles. The summed E-state index contributed by atoms with van der Waals surface area (Å²) < 4.78 is 19.0. The number of anilines is 1. The fourth-order valence-electron chi connectivity index (χ4n) is 2.41. The third-order valence-corrected chi connectivity index (χ3v) is 3.47. The standard InChI is InChI=1S/C16H24FN3O2/c1-16(2,3)22-15(21)20-6-4-19(5-7-20)14-9-12(11-18)8-13(17)10-14/h8-10H,4-7,11,18H2,1-3H3. The molecular formula is C16H24FN3O2. The van der Waals surface area contributed by atoms with E-state index in [1.54, 1.807) is 4.90 Å². The Hall–Kier alpha value is -1.82. The highest BCUT2D eigenvalue weighted by Crippen LogP contribution is 2.21. The molecule has 1 fully saturated rings. The summed E-state index contributed by atoms with van der Waals surface area (Å²) in [6, 6.07) is 4.84. The molecule has 0 bridgehead atoms. The molecule has 22 heavy (non-hydrogen) atoms. The second-order valence-corrected chi connectivity index (χ2v) is 6.48. The van der Waals surface area contributed by atoms with Gasteiger partial charge in [-0.15, -0.1) is 0 Å². The topological polar surface area (TPSA) is 58.8 Å². The molecule has 2 N–H and O–H groups in total. The Morgan fingerprint density at radius 1 is 1.23 bits per heavy atom. The van der Waals surface area contributed by atoms with E-state index in [0.717, 1.165) is 11.3 Å². The molecule has 0 radical (unpaired) electrons. The van der Waals surface area contributed by atoms with Crippen molar-refractivity contribution in [3.05, 3.63) is 29.6 Å². The summed E-state index contributed by atoms with van der Waals surface area (Å²) in [5.74, 6) is -0.285. The van der Waals surface area contributed by atoms with Gasteiger partial charge in [0.25, 0.3) is 0 Å². The summed E-state index contributed by atoms with van der Waals surface area (Å²) in [5.41, 5.74) is 6.67. The van der Waals surface area contributed by atoms with Gasteiger partial charge in [0.2, 0.25) is 0 Å². The van der Waals surface area contributed by atoms with E-state index in [1.165, 1.54) is 12.1 Å². The van der Waals surface area contributed by atoms with Crippen LogP contribution in [0, 0.1) is 5.82 Å². The molecule has 0 unspecified atom stereocenters. The van der Waals surface area contributed by atoms with Gasteiger partial charge in [-0.1, -0.05) is 0 Å². The molecule has 0 saturated carbocycles. The number of hydrogen-bond donors (Lipinski definition) is 1.